The van der Waals surface area contributed by atoms with Gasteiger partial charge in [0.25, 0.3) is 0 Å². The van der Waals surface area contributed by atoms with Gasteiger partial charge in [0.15, 0.2) is 16.8 Å². The van der Waals surface area contributed by atoms with Crippen LogP contribution in [-0.2, 0) is 6.42 Å². The second kappa shape index (κ2) is 5.09. The van der Waals surface area contributed by atoms with Gasteiger partial charge in [-0.05, 0) is 36.4 Å². The number of carbonyl (C=O) groups excluding carboxylic acids is 1. The maximum atomic E-state index is 12.5. The number of fused-ring (bicyclic) bond motifs is 4. The number of hydrogen-bond acceptors (Lipinski definition) is 5. The number of carbonyl (C=O) groups is 1. The minimum absolute atomic E-state index is 0.0581. The van der Waals surface area contributed by atoms with Crippen LogP contribution in [0, 0.1) is 6.92 Å². The zero-order valence-corrected chi connectivity index (χ0v) is 13.7. The van der Waals surface area contributed by atoms with E-state index in [9.17, 15) is 9.59 Å². The van der Waals surface area contributed by atoms with Gasteiger partial charge in [-0.3, -0.25) is 9.59 Å². The molecule has 0 spiro atoms. The third kappa shape index (κ3) is 1.87. The molecule has 5 nitrogen and oxygen atoms in total. The van der Waals surface area contributed by atoms with Gasteiger partial charge < -0.3 is 13.9 Å². The summed E-state index contributed by atoms with van der Waals surface area (Å²) in [4.78, 5) is 24.8. The second-order valence-electron chi connectivity index (χ2n) is 5.97. The zero-order chi connectivity index (χ0) is 17.0. The molecule has 0 atom stereocenters. The first-order valence-corrected chi connectivity index (χ1v) is 7.73. The average Bonchev–Trinajstić information content (AvgIpc) is 2.92. The van der Waals surface area contributed by atoms with Crippen molar-refractivity contribution in [2.45, 2.75) is 19.8 Å². The maximum absolute atomic E-state index is 12.5. The monoisotopic (exact) mass is 324 g/mol. The van der Waals surface area contributed by atoms with E-state index in [1.54, 1.807) is 13.0 Å². The Morgan fingerprint density at radius 3 is 2.50 bits per heavy atom. The van der Waals surface area contributed by atoms with Gasteiger partial charge in [0.2, 0.25) is 0 Å². The lowest BCUT2D eigenvalue weighted by atomic mass is 9.98. The van der Waals surface area contributed by atoms with Gasteiger partial charge in [-0.2, -0.15) is 0 Å². The van der Waals surface area contributed by atoms with Crippen LogP contribution in [0.3, 0.4) is 0 Å². The van der Waals surface area contributed by atoms with Gasteiger partial charge in [-0.25, -0.2) is 0 Å². The highest BCUT2D eigenvalue weighted by Gasteiger charge is 2.28. The first-order valence-electron chi connectivity index (χ1n) is 7.73. The molecule has 0 unspecified atom stereocenters. The molecule has 1 heterocycles. The summed E-state index contributed by atoms with van der Waals surface area (Å²) in [5.41, 5.74) is 1.77. The number of methoxy groups -OCH3 is 2. The fourth-order valence-electron chi connectivity index (χ4n) is 3.56. The minimum Gasteiger partial charge on any atom is -0.496 e. The summed E-state index contributed by atoms with van der Waals surface area (Å²) in [5.74, 6) is 1.49. The number of hydrogen-bond donors (Lipinski definition) is 0. The van der Waals surface area contributed by atoms with Crippen LogP contribution in [0.15, 0.2) is 27.4 Å². The highest BCUT2D eigenvalue weighted by atomic mass is 16.5. The number of ether oxygens (including phenoxy) is 2. The van der Waals surface area contributed by atoms with Crippen LogP contribution >= 0.6 is 0 Å². The predicted octanol–water partition coefficient (Wildman–Crippen LogP) is 3.40. The van der Waals surface area contributed by atoms with Crippen LogP contribution in [0.4, 0.5) is 0 Å². The summed E-state index contributed by atoms with van der Waals surface area (Å²) in [7, 11) is 3.05. The lowest BCUT2D eigenvalue weighted by Gasteiger charge is -2.14. The first kappa shape index (κ1) is 14.8. The molecule has 1 aromatic heterocycles. The predicted molar refractivity (Wildman–Crippen MR) is 90.5 cm³/mol. The Labute approximate surface area is 137 Å². The molecule has 0 saturated carbocycles. The van der Waals surface area contributed by atoms with Crippen molar-refractivity contribution in [3.05, 3.63) is 45.3 Å². The van der Waals surface area contributed by atoms with E-state index in [1.165, 1.54) is 20.3 Å². The summed E-state index contributed by atoms with van der Waals surface area (Å²) < 4.78 is 16.8. The van der Waals surface area contributed by atoms with Crippen LogP contribution in [0.5, 0.6) is 11.5 Å². The van der Waals surface area contributed by atoms with Gasteiger partial charge in [-0.1, -0.05) is 0 Å². The number of aryl methyl sites for hydroxylation is 2. The van der Waals surface area contributed by atoms with Crippen molar-refractivity contribution < 1.29 is 18.7 Å². The number of benzene rings is 2. The molecular formula is C19H16O5. The molecule has 0 radical (unpaired) electrons. The number of Topliss-reactive ketones (excluding diaryl/α,β-unsaturated/α-hetero) is 1. The topological polar surface area (TPSA) is 65.7 Å². The van der Waals surface area contributed by atoms with Crippen LogP contribution in [0.25, 0.3) is 21.7 Å². The number of ketones is 1. The average molecular weight is 324 g/mol. The van der Waals surface area contributed by atoms with Gasteiger partial charge >= 0.3 is 0 Å². The summed E-state index contributed by atoms with van der Waals surface area (Å²) in [6.45, 7) is 1.72. The second-order valence-corrected chi connectivity index (χ2v) is 5.97. The molecule has 3 aromatic rings. The van der Waals surface area contributed by atoms with Crippen LogP contribution in [-0.4, -0.2) is 20.0 Å². The van der Waals surface area contributed by atoms with E-state index in [-0.39, 0.29) is 11.2 Å². The Balaban J connectivity index is 2.31. The minimum atomic E-state index is -0.179. The fourth-order valence-corrected chi connectivity index (χ4v) is 3.56. The Morgan fingerprint density at radius 1 is 1.00 bits per heavy atom. The molecule has 2 aromatic carbocycles. The normalized spacial score (nSPS) is 13.5. The van der Waals surface area contributed by atoms with E-state index in [2.05, 4.69) is 0 Å². The molecule has 0 fully saturated rings. The summed E-state index contributed by atoms with van der Waals surface area (Å²) >= 11 is 0. The van der Waals surface area contributed by atoms with Gasteiger partial charge in [0.05, 0.1) is 25.2 Å². The Bertz CT molecular complexity index is 1070. The molecule has 24 heavy (non-hydrogen) atoms. The Kier molecular flexibility index (Phi) is 3.13. The maximum Gasteiger partial charge on any atom is 0.196 e. The largest absolute Gasteiger partial charge is 0.496 e. The van der Waals surface area contributed by atoms with Crippen molar-refractivity contribution in [2.24, 2.45) is 0 Å². The van der Waals surface area contributed by atoms with E-state index in [4.69, 9.17) is 13.9 Å². The van der Waals surface area contributed by atoms with Gasteiger partial charge in [0, 0.05) is 12.5 Å². The Morgan fingerprint density at radius 2 is 1.79 bits per heavy atom. The fraction of sp³-hybridized carbons (Fsp3) is 0.263. The molecule has 0 saturated heterocycles. The molecule has 0 aliphatic heterocycles. The standard InChI is InChI=1S/C19H16O5/c1-9-6-13(21)17-14(22-2)8-11-7-10-4-5-12(20)15(10)18(23-3)16(11)19(17)24-9/h6-8H,4-5H2,1-3H3. The van der Waals surface area contributed by atoms with Crippen molar-refractivity contribution in [3.8, 4) is 11.5 Å². The number of rotatable bonds is 2. The SMILES string of the molecule is COc1cc2cc3c(c(OC)c2c2oc(C)cc(=O)c12)C(=O)CC3. The first-order chi connectivity index (χ1) is 11.5. The molecule has 5 heteroatoms. The van der Waals surface area contributed by atoms with E-state index >= 15 is 0 Å². The molecule has 4 rings (SSSR count). The third-order valence-electron chi connectivity index (χ3n) is 4.55. The van der Waals surface area contributed by atoms with Crippen molar-refractivity contribution in [2.75, 3.05) is 14.2 Å². The van der Waals surface area contributed by atoms with Crippen LogP contribution < -0.4 is 14.9 Å². The van der Waals surface area contributed by atoms with E-state index < -0.39 is 0 Å². The quantitative estimate of drug-likeness (QED) is 0.676. The smallest absolute Gasteiger partial charge is 0.196 e. The molecule has 0 N–H and O–H groups in total. The van der Waals surface area contributed by atoms with E-state index in [0.717, 1.165) is 10.9 Å². The lowest BCUT2D eigenvalue weighted by molar-refractivity contribution is 0.0992. The van der Waals surface area contributed by atoms with Crippen LogP contribution in [0.1, 0.15) is 28.1 Å². The molecule has 1 aliphatic carbocycles. The van der Waals surface area contributed by atoms with E-state index in [1.807, 2.05) is 6.07 Å². The molecular weight excluding hydrogens is 308 g/mol. The summed E-state index contributed by atoms with van der Waals surface area (Å²) in [5, 5.41) is 1.83. The molecule has 0 amide bonds. The third-order valence-corrected chi connectivity index (χ3v) is 4.55. The van der Waals surface area contributed by atoms with Gasteiger partial charge in [-0.15, -0.1) is 0 Å². The Hall–Kier alpha value is -2.82. The van der Waals surface area contributed by atoms with Crippen molar-refractivity contribution >= 4 is 27.5 Å². The lowest BCUT2D eigenvalue weighted by Crippen LogP contribution is -2.05. The highest BCUT2D eigenvalue weighted by Crippen LogP contribution is 2.43. The summed E-state index contributed by atoms with van der Waals surface area (Å²) in [6, 6.07) is 5.19. The zero-order valence-electron chi connectivity index (χ0n) is 13.7. The van der Waals surface area contributed by atoms with Crippen LogP contribution in [0.2, 0.25) is 0 Å². The van der Waals surface area contributed by atoms with Crippen molar-refractivity contribution in [1.82, 2.24) is 0 Å². The highest BCUT2D eigenvalue weighted by molar-refractivity contribution is 6.16. The van der Waals surface area contributed by atoms with Crippen molar-refractivity contribution in [1.29, 1.82) is 0 Å². The molecule has 0 bridgehead atoms. The van der Waals surface area contributed by atoms with E-state index in [0.29, 0.717) is 52.0 Å². The van der Waals surface area contributed by atoms with Crippen molar-refractivity contribution in [3.63, 3.8) is 0 Å². The summed E-state index contributed by atoms with van der Waals surface area (Å²) in [6.07, 6.45) is 1.17. The molecule has 122 valence electrons. The van der Waals surface area contributed by atoms with Gasteiger partial charge in [0.1, 0.15) is 22.6 Å². The molecule has 1 aliphatic rings.